The van der Waals surface area contributed by atoms with Crippen LogP contribution in [0.5, 0.6) is 0 Å². The van der Waals surface area contributed by atoms with Crippen LogP contribution in [0.25, 0.3) is 0 Å². The third kappa shape index (κ3) is 3.16. The normalized spacial score (nSPS) is 9.56. The molecule has 0 fully saturated rings. The molecule has 2 N–H and O–H groups in total. The van der Waals surface area contributed by atoms with Crippen LogP contribution < -0.4 is 5.32 Å². The predicted octanol–water partition coefficient (Wildman–Crippen LogP) is 1.42. The number of nitrogens with zero attached hydrogens (tertiary/aromatic N) is 1. The summed E-state index contributed by atoms with van der Waals surface area (Å²) >= 11 is 3.08. The Morgan fingerprint density at radius 1 is 1.56 bits per heavy atom. The number of amides is 1. The molecule has 1 aromatic heterocycles. The quantitative estimate of drug-likeness (QED) is 0.876. The van der Waals surface area contributed by atoms with Crippen LogP contribution in [0.3, 0.4) is 0 Å². The van der Waals surface area contributed by atoms with Crippen LogP contribution in [-0.2, 0) is 0 Å². The Balaban J connectivity index is 2.90. The topological polar surface area (TPSA) is 79.3 Å². The van der Waals surface area contributed by atoms with Crippen LogP contribution >= 0.6 is 15.9 Å². The maximum atomic E-state index is 11.6. The van der Waals surface area contributed by atoms with Gasteiger partial charge in [0.2, 0.25) is 0 Å². The molecular weight excluding hydrogens is 276 g/mol. The maximum Gasteiger partial charge on any atom is 0.338 e. The average Bonchev–Trinajstić information content (AvgIpc) is 2.25. The molecule has 0 aliphatic rings. The zero-order chi connectivity index (χ0) is 12.1. The van der Waals surface area contributed by atoms with E-state index in [1.807, 2.05) is 0 Å². The number of halogens is 1. The van der Waals surface area contributed by atoms with Crippen LogP contribution in [0.15, 0.2) is 29.4 Å². The lowest BCUT2D eigenvalue weighted by Gasteiger charge is -2.05. The molecule has 1 amide bonds. The van der Waals surface area contributed by atoms with Gasteiger partial charge in [0, 0.05) is 17.2 Å². The van der Waals surface area contributed by atoms with Gasteiger partial charge in [0.25, 0.3) is 5.91 Å². The van der Waals surface area contributed by atoms with Gasteiger partial charge < -0.3 is 10.4 Å². The number of carbonyl (C=O) groups is 2. The molecule has 0 unspecified atom stereocenters. The Morgan fingerprint density at radius 2 is 2.25 bits per heavy atom. The molecule has 1 rings (SSSR count). The summed E-state index contributed by atoms with van der Waals surface area (Å²) in [5.41, 5.74) is -0.232. The minimum atomic E-state index is -1.18. The van der Waals surface area contributed by atoms with Gasteiger partial charge in [0.05, 0.1) is 5.56 Å². The van der Waals surface area contributed by atoms with Crippen molar-refractivity contribution < 1.29 is 14.7 Å². The molecule has 0 spiro atoms. The number of hydrogen-bond acceptors (Lipinski definition) is 3. The lowest BCUT2D eigenvalue weighted by atomic mass is 10.2. The summed E-state index contributed by atoms with van der Waals surface area (Å²) in [5, 5.41) is 11.3. The number of hydrogen-bond donors (Lipinski definition) is 2. The lowest BCUT2D eigenvalue weighted by molar-refractivity contribution is 0.0690. The highest BCUT2D eigenvalue weighted by Crippen LogP contribution is 2.06. The molecule has 0 bridgehead atoms. The van der Waals surface area contributed by atoms with Gasteiger partial charge in [-0.3, -0.25) is 9.78 Å². The first-order valence-electron chi connectivity index (χ1n) is 4.32. The Hall–Kier alpha value is -1.69. The average molecular weight is 285 g/mol. The van der Waals surface area contributed by atoms with Crippen molar-refractivity contribution in [1.82, 2.24) is 10.3 Å². The van der Waals surface area contributed by atoms with Gasteiger partial charge in [0.15, 0.2) is 0 Å². The standard InChI is InChI=1S/C10H9BrN2O3/c1-6(11)5-13-9(14)8-7(10(15)16)3-2-4-12-8/h2-4H,1,5H2,(H,13,14)(H,15,16). The summed E-state index contributed by atoms with van der Waals surface area (Å²) in [5.74, 6) is -1.73. The van der Waals surface area contributed by atoms with Gasteiger partial charge in [-0.15, -0.1) is 0 Å². The van der Waals surface area contributed by atoms with Crippen molar-refractivity contribution >= 4 is 27.8 Å². The third-order valence-electron chi connectivity index (χ3n) is 1.69. The summed E-state index contributed by atoms with van der Waals surface area (Å²) < 4.78 is 0.591. The van der Waals surface area contributed by atoms with Crippen molar-refractivity contribution in [2.24, 2.45) is 0 Å². The molecule has 0 radical (unpaired) electrons. The second kappa shape index (κ2) is 5.41. The molecule has 1 heterocycles. The number of nitrogens with one attached hydrogen (secondary N) is 1. The molecule has 0 aromatic carbocycles. The van der Waals surface area contributed by atoms with Crippen LogP contribution in [0.1, 0.15) is 20.8 Å². The predicted molar refractivity (Wildman–Crippen MR) is 61.6 cm³/mol. The zero-order valence-corrected chi connectivity index (χ0v) is 9.82. The van der Waals surface area contributed by atoms with Crippen molar-refractivity contribution in [2.45, 2.75) is 0 Å². The van der Waals surface area contributed by atoms with Gasteiger partial charge in [-0.05, 0) is 12.1 Å². The van der Waals surface area contributed by atoms with Crippen LogP contribution in [0, 0.1) is 0 Å². The van der Waals surface area contributed by atoms with Crippen molar-refractivity contribution in [1.29, 1.82) is 0 Å². The van der Waals surface area contributed by atoms with E-state index in [1.54, 1.807) is 0 Å². The summed E-state index contributed by atoms with van der Waals surface area (Å²) in [6.07, 6.45) is 1.37. The van der Waals surface area contributed by atoms with Gasteiger partial charge >= 0.3 is 5.97 Å². The van der Waals surface area contributed by atoms with Crippen LogP contribution in [0.4, 0.5) is 0 Å². The molecule has 0 saturated heterocycles. The molecule has 0 aliphatic heterocycles. The molecular formula is C10H9BrN2O3. The molecule has 1 aromatic rings. The molecule has 5 nitrogen and oxygen atoms in total. The fourth-order valence-corrected chi connectivity index (χ4v) is 1.16. The number of carboxylic acids is 1. The van der Waals surface area contributed by atoms with Gasteiger partial charge in [-0.1, -0.05) is 22.5 Å². The van der Waals surface area contributed by atoms with E-state index < -0.39 is 11.9 Å². The first-order chi connectivity index (χ1) is 7.52. The maximum absolute atomic E-state index is 11.6. The second-order valence-electron chi connectivity index (χ2n) is 2.90. The zero-order valence-electron chi connectivity index (χ0n) is 8.24. The van der Waals surface area contributed by atoms with Crippen molar-refractivity contribution in [2.75, 3.05) is 6.54 Å². The SMILES string of the molecule is C=C(Br)CNC(=O)c1ncccc1C(=O)O. The van der Waals surface area contributed by atoms with E-state index in [9.17, 15) is 9.59 Å². The highest BCUT2D eigenvalue weighted by Gasteiger charge is 2.16. The second-order valence-corrected chi connectivity index (χ2v) is 4.03. The van der Waals surface area contributed by atoms with E-state index in [0.29, 0.717) is 4.48 Å². The Bertz CT molecular complexity index is 445. The van der Waals surface area contributed by atoms with E-state index in [4.69, 9.17) is 5.11 Å². The largest absolute Gasteiger partial charge is 0.478 e. The number of pyridine rings is 1. The monoisotopic (exact) mass is 284 g/mol. The summed E-state index contributed by atoms with van der Waals surface area (Å²) in [6, 6.07) is 2.79. The Morgan fingerprint density at radius 3 is 2.81 bits per heavy atom. The number of aromatic nitrogens is 1. The van der Waals surface area contributed by atoms with Crippen molar-refractivity contribution in [3.63, 3.8) is 0 Å². The fraction of sp³-hybridized carbons (Fsp3) is 0.100. The van der Waals surface area contributed by atoms with Crippen LogP contribution in [0.2, 0.25) is 0 Å². The van der Waals surface area contributed by atoms with Crippen molar-refractivity contribution in [3.8, 4) is 0 Å². The first kappa shape index (κ1) is 12.4. The molecule has 16 heavy (non-hydrogen) atoms. The Kier molecular flexibility index (Phi) is 4.19. The van der Waals surface area contributed by atoms with Crippen molar-refractivity contribution in [3.05, 3.63) is 40.6 Å². The number of rotatable bonds is 4. The summed E-state index contributed by atoms with van der Waals surface area (Å²) in [4.78, 5) is 26.1. The number of aromatic carboxylic acids is 1. The molecule has 6 heteroatoms. The van der Waals surface area contributed by atoms with E-state index in [0.717, 1.165) is 0 Å². The number of carboxylic acid groups (broad SMARTS) is 1. The van der Waals surface area contributed by atoms with E-state index in [1.165, 1.54) is 18.3 Å². The highest BCUT2D eigenvalue weighted by atomic mass is 79.9. The molecule has 84 valence electrons. The van der Waals surface area contributed by atoms with Gasteiger partial charge in [-0.2, -0.15) is 0 Å². The molecule has 0 aliphatic carbocycles. The van der Waals surface area contributed by atoms with E-state index in [-0.39, 0.29) is 17.8 Å². The van der Waals surface area contributed by atoms with Gasteiger partial charge in [-0.25, -0.2) is 4.79 Å². The summed E-state index contributed by atoms with van der Waals surface area (Å²) in [7, 11) is 0. The summed E-state index contributed by atoms with van der Waals surface area (Å²) in [6.45, 7) is 3.76. The molecule has 0 saturated carbocycles. The fourth-order valence-electron chi connectivity index (χ4n) is 1.02. The number of carbonyl (C=O) groups excluding carboxylic acids is 1. The smallest absolute Gasteiger partial charge is 0.338 e. The minimum Gasteiger partial charge on any atom is -0.478 e. The first-order valence-corrected chi connectivity index (χ1v) is 5.11. The van der Waals surface area contributed by atoms with Crippen LogP contribution in [-0.4, -0.2) is 28.5 Å². The lowest BCUT2D eigenvalue weighted by Crippen LogP contribution is -2.27. The molecule has 0 atom stereocenters. The minimum absolute atomic E-state index is 0.108. The van der Waals surface area contributed by atoms with E-state index >= 15 is 0 Å². The van der Waals surface area contributed by atoms with Gasteiger partial charge in [0.1, 0.15) is 5.69 Å². The highest BCUT2D eigenvalue weighted by molar-refractivity contribution is 9.11. The van der Waals surface area contributed by atoms with E-state index in [2.05, 4.69) is 32.8 Å². The third-order valence-corrected chi connectivity index (χ3v) is 1.97. The Labute approximate surface area is 100 Å².